The number of hydrogen-bond acceptors (Lipinski definition) is 2. The molecule has 0 saturated heterocycles. The third-order valence-corrected chi connectivity index (χ3v) is 3.34. The average Bonchev–Trinajstić information content (AvgIpc) is 3.08. The number of para-hydroxylation sites is 1. The Morgan fingerprint density at radius 2 is 1.92 bits per heavy atom. The lowest BCUT2D eigenvalue weighted by atomic mass is 10.3. The minimum Gasteiger partial charge on any atom is -0.486 e. The van der Waals surface area contributed by atoms with Gasteiger partial charge in [0.15, 0.2) is 17.5 Å². The van der Waals surface area contributed by atoms with Crippen molar-refractivity contribution in [3.63, 3.8) is 0 Å². The van der Waals surface area contributed by atoms with Crippen LogP contribution in [-0.2, 0) is 6.54 Å². The van der Waals surface area contributed by atoms with Gasteiger partial charge < -0.3 is 19.9 Å². The molecule has 0 fully saturated rings. The second-order valence-corrected chi connectivity index (χ2v) is 5.43. The maximum Gasteiger partial charge on any atom is 0.191 e. The van der Waals surface area contributed by atoms with E-state index in [2.05, 4.69) is 20.2 Å². The lowest BCUT2D eigenvalue weighted by Crippen LogP contribution is -2.39. The number of ether oxygens (including phenoxy) is 1. The van der Waals surface area contributed by atoms with Crippen LogP contribution in [0, 0.1) is 5.82 Å². The van der Waals surface area contributed by atoms with Crippen molar-refractivity contribution in [2.45, 2.75) is 26.5 Å². The molecular formula is C18H26FIN4O. The van der Waals surface area contributed by atoms with Gasteiger partial charge in [-0.05, 0) is 38.1 Å². The Bertz CT molecular complexity index is 634. The van der Waals surface area contributed by atoms with Gasteiger partial charge in [0.05, 0.1) is 6.54 Å². The van der Waals surface area contributed by atoms with Crippen LogP contribution in [0.2, 0.25) is 0 Å². The fourth-order valence-electron chi connectivity index (χ4n) is 2.18. The molecule has 138 valence electrons. The van der Waals surface area contributed by atoms with Crippen molar-refractivity contribution in [1.82, 2.24) is 15.2 Å². The Balaban J connectivity index is 0.00000312. The number of hydrogen-bond donors (Lipinski definition) is 2. The number of aliphatic imine (C=N–C) groups is 1. The van der Waals surface area contributed by atoms with Crippen LogP contribution in [0.15, 0.2) is 53.8 Å². The van der Waals surface area contributed by atoms with E-state index in [1.807, 2.05) is 38.4 Å². The maximum atomic E-state index is 13.6. The maximum absolute atomic E-state index is 13.6. The fraction of sp³-hybridized carbons (Fsp3) is 0.389. The molecule has 2 aromatic rings. The van der Waals surface area contributed by atoms with Crippen molar-refractivity contribution in [2.75, 3.05) is 19.6 Å². The largest absolute Gasteiger partial charge is 0.486 e. The van der Waals surface area contributed by atoms with E-state index in [1.165, 1.54) is 6.07 Å². The summed E-state index contributed by atoms with van der Waals surface area (Å²) in [7, 11) is 0. The summed E-state index contributed by atoms with van der Waals surface area (Å²) in [6.45, 7) is 6.73. The molecule has 0 spiro atoms. The molecule has 0 aliphatic heterocycles. The number of rotatable bonds is 8. The first-order chi connectivity index (χ1) is 11.7. The van der Waals surface area contributed by atoms with Gasteiger partial charge >= 0.3 is 0 Å². The van der Waals surface area contributed by atoms with Gasteiger partial charge in [0.25, 0.3) is 0 Å². The zero-order valence-electron chi connectivity index (χ0n) is 14.6. The van der Waals surface area contributed by atoms with E-state index < -0.39 is 0 Å². The Kier molecular flexibility index (Phi) is 9.98. The minimum absolute atomic E-state index is 0. The van der Waals surface area contributed by atoms with E-state index >= 15 is 0 Å². The summed E-state index contributed by atoms with van der Waals surface area (Å²) >= 11 is 0. The number of halogens is 2. The summed E-state index contributed by atoms with van der Waals surface area (Å²) in [5.41, 5.74) is 0. The molecule has 0 aliphatic rings. The number of benzene rings is 1. The van der Waals surface area contributed by atoms with Crippen LogP contribution in [0.3, 0.4) is 0 Å². The van der Waals surface area contributed by atoms with Crippen molar-refractivity contribution in [1.29, 1.82) is 0 Å². The van der Waals surface area contributed by atoms with Gasteiger partial charge in [0.1, 0.15) is 6.10 Å². The number of nitrogens with zero attached hydrogens (tertiary/aromatic N) is 2. The van der Waals surface area contributed by atoms with E-state index in [9.17, 15) is 4.39 Å². The molecule has 2 N–H and O–H groups in total. The van der Waals surface area contributed by atoms with Gasteiger partial charge in [-0.3, -0.25) is 0 Å². The van der Waals surface area contributed by atoms with Gasteiger partial charge in [0, 0.05) is 32.0 Å². The first kappa shape index (κ1) is 21.3. The van der Waals surface area contributed by atoms with E-state index in [1.54, 1.807) is 18.2 Å². The van der Waals surface area contributed by atoms with Crippen LogP contribution in [-0.4, -0.2) is 36.3 Å². The zero-order valence-corrected chi connectivity index (χ0v) is 16.9. The number of nitrogens with one attached hydrogen (secondary N) is 2. The smallest absolute Gasteiger partial charge is 0.191 e. The van der Waals surface area contributed by atoms with Crippen LogP contribution in [0.4, 0.5) is 4.39 Å². The molecule has 5 nitrogen and oxygen atoms in total. The van der Waals surface area contributed by atoms with Crippen molar-refractivity contribution >= 4 is 29.9 Å². The third kappa shape index (κ3) is 7.76. The van der Waals surface area contributed by atoms with Gasteiger partial charge in [-0.25, -0.2) is 9.38 Å². The molecule has 1 heterocycles. The van der Waals surface area contributed by atoms with E-state index in [0.29, 0.717) is 6.54 Å². The van der Waals surface area contributed by atoms with Crippen molar-refractivity contribution in [2.24, 2.45) is 4.99 Å². The normalized spacial score (nSPS) is 12.2. The van der Waals surface area contributed by atoms with Crippen molar-refractivity contribution in [3.05, 3.63) is 54.6 Å². The van der Waals surface area contributed by atoms with Crippen LogP contribution in [0.25, 0.3) is 0 Å². The molecule has 0 bridgehead atoms. The predicted molar refractivity (Wildman–Crippen MR) is 110 cm³/mol. The van der Waals surface area contributed by atoms with Crippen molar-refractivity contribution in [3.8, 4) is 5.75 Å². The molecule has 1 aromatic heterocycles. The SMILES string of the molecule is CCNC(=NCC(C)Oc1ccccc1F)NCCn1cccc1.I. The van der Waals surface area contributed by atoms with Crippen molar-refractivity contribution < 1.29 is 9.13 Å². The standard InChI is InChI=1S/C18H25FN4O.HI/c1-3-20-18(21-10-13-23-11-6-7-12-23)22-14-15(2)24-17-9-5-4-8-16(17)19;/h4-9,11-12,15H,3,10,13-14H2,1-2H3,(H2,20,21,22);1H. The molecule has 0 saturated carbocycles. The highest BCUT2D eigenvalue weighted by molar-refractivity contribution is 14.0. The first-order valence-corrected chi connectivity index (χ1v) is 8.23. The summed E-state index contributed by atoms with van der Waals surface area (Å²) in [4.78, 5) is 4.50. The van der Waals surface area contributed by atoms with Crippen LogP contribution >= 0.6 is 24.0 Å². The molecule has 7 heteroatoms. The fourth-order valence-corrected chi connectivity index (χ4v) is 2.18. The molecule has 1 atom stereocenters. The highest BCUT2D eigenvalue weighted by atomic mass is 127. The Labute approximate surface area is 165 Å². The Morgan fingerprint density at radius 3 is 2.60 bits per heavy atom. The molecular weight excluding hydrogens is 434 g/mol. The average molecular weight is 460 g/mol. The summed E-state index contributed by atoms with van der Waals surface area (Å²) in [5, 5.41) is 6.47. The molecule has 1 aromatic carbocycles. The van der Waals surface area contributed by atoms with Crippen LogP contribution in [0.5, 0.6) is 5.75 Å². The highest BCUT2D eigenvalue weighted by Gasteiger charge is 2.08. The second kappa shape index (κ2) is 11.7. The third-order valence-electron chi connectivity index (χ3n) is 3.34. The van der Waals surface area contributed by atoms with E-state index in [-0.39, 0.29) is 41.6 Å². The number of aromatic nitrogens is 1. The van der Waals surface area contributed by atoms with Crippen LogP contribution < -0.4 is 15.4 Å². The molecule has 0 radical (unpaired) electrons. The first-order valence-electron chi connectivity index (χ1n) is 8.23. The van der Waals surface area contributed by atoms with E-state index in [0.717, 1.165) is 25.6 Å². The summed E-state index contributed by atoms with van der Waals surface area (Å²) in [6.07, 6.45) is 3.83. The zero-order chi connectivity index (χ0) is 17.2. The summed E-state index contributed by atoms with van der Waals surface area (Å²) in [6, 6.07) is 10.4. The lowest BCUT2D eigenvalue weighted by molar-refractivity contribution is 0.220. The van der Waals surface area contributed by atoms with E-state index in [4.69, 9.17) is 4.74 Å². The Hall–Kier alpha value is -1.77. The second-order valence-electron chi connectivity index (χ2n) is 5.43. The lowest BCUT2D eigenvalue weighted by Gasteiger charge is -2.15. The van der Waals surface area contributed by atoms with Gasteiger partial charge in [-0.2, -0.15) is 0 Å². The summed E-state index contributed by atoms with van der Waals surface area (Å²) < 4.78 is 21.3. The molecule has 0 aliphatic carbocycles. The predicted octanol–water partition coefficient (Wildman–Crippen LogP) is 3.27. The van der Waals surface area contributed by atoms with Gasteiger partial charge in [0.2, 0.25) is 0 Å². The van der Waals surface area contributed by atoms with Crippen LogP contribution in [0.1, 0.15) is 13.8 Å². The summed E-state index contributed by atoms with van der Waals surface area (Å²) in [5.74, 6) is 0.629. The van der Waals surface area contributed by atoms with Gasteiger partial charge in [-0.1, -0.05) is 12.1 Å². The monoisotopic (exact) mass is 460 g/mol. The minimum atomic E-state index is -0.356. The molecule has 0 amide bonds. The number of guanidine groups is 1. The highest BCUT2D eigenvalue weighted by Crippen LogP contribution is 2.16. The topological polar surface area (TPSA) is 50.6 Å². The quantitative estimate of drug-likeness (QED) is 0.361. The molecule has 2 rings (SSSR count). The Morgan fingerprint density at radius 1 is 1.20 bits per heavy atom. The molecule has 1 unspecified atom stereocenters. The molecule has 25 heavy (non-hydrogen) atoms. The van der Waals surface area contributed by atoms with Gasteiger partial charge in [-0.15, -0.1) is 24.0 Å².